The molecule has 0 aliphatic heterocycles. The Hall–Kier alpha value is -1.10. The number of ether oxygens (including phenoxy) is 1. The molecule has 0 saturated heterocycles. The predicted octanol–water partition coefficient (Wildman–Crippen LogP) is 4.33. The number of aliphatic hydroxyl groups excluding tert-OH is 1. The first-order valence-electron chi connectivity index (χ1n) is 5.49. The van der Waals surface area contributed by atoms with Crippen LogP contribution in [0.4, 0.5) is 4.39 Å². The van der Waals surface area contributed by atoms with E-state index in [-0.39, 0.29) is 0 Å². The van der Waals surface area contributed by atoms with Crippen LogP contribution in [0.3, 0.4) is 0 Å². The minimum absolute atomic E-state index is 0.358. The van der Waals surface area contributed by atoms with Crippen molar-refractivity contribution in [3.63, 3.8) is 0 Å². The van der Waals surface area contributed by atoms with Gasteiger partial charge in [-0.2, -0.15) is 0 Å². The Kier molecular flexibility index (Phi) is 4.45. The first kappa shape index (κ1) is 14.3. The molecule has 0 saturated carbocycles. The summed E-state index contributed by atoms with van der Waals surface area (Å²) < 4.78 is 18.8. The van der Waals surface area contributed by atoms with Crippen LogP contribution in [0.25, 0.3) is 0 Å². The first-order valence-corrected chi connectivity index (χ1v) is 6.66. The minimum Gasteiger partial charge on any atom is -0.495 e. The fraction of sp³-hybridized carbons (Fsp3) is 0.143. The molecule has 0 fully saturated rings. The Morgan fingerprint density at radius 2 is 1.84 bits per heavy atom. The summed E-state index contributed by atoms with van der Waals surface area (Å²) in [7, 11) is 1.52. The van der Waals surface area contributed by atoms with Crippen LogP contribution in [0.1, 0.15) is 17.2 Å². The highest BCUT2D eigenvalue weighted by Crippen LogP contribution is 2.31. The van der Waals surface area contributed by atoms with Crippen LogP contribution in [-0.2, 0) is 0 Å². The van der Waals surface area contributed by atoms with E-state index in [2.05, 4.69) is 15.9 Å². The first-order chi connectivity index (χ1) is 9.02. The molecule has 2 aromatic carbocycles. The lowest BCUT2D eigenvalue weighted by atomic mass is 10.0. The quantitative estimate of drug-likeness (QED) is 0.897. The van der Waals surface area contributed by atoms with Gasteiger partial charge < -0.3 is 9.84 Å². The third-order valence-corrected chi connectivity index (χ3v) is 3.69. The summed E-state index contributed by atoms with van der Waals surface area (Å²) in [5.41, 5.74) is 1.04. The van der Waals surface area contributed by atoms with Gasteiger partial charge in [-0.25, -0.2) is 4.39 Å². The second-order valence-corrected chi connectivity index (χ2v) is 5.23. The Balaban J connectivity index is 2.35. The van der Waals surface area contributed by atoms with Gasteiger partial charge in [0.15, 0.2) is 0 Å². The lowest BCUT2D eigenvalue weighted by Crippen LogP contribution is -2.00. The van der Waals surface area contributed by atoms with E-state index in [0.29, 0.717) is 26.4 Å². The number of aliphatic hydroxyl groups is 1. The molecule has 100 valence electrons. The average Bonchev–Trinajstić information content (AvgIpc) is 2.41. The number of rotatable bonds is 3. The van der Waals surface area contributed by atoms with Gasteiger partial charge in [-0.05, 0) is 51.3 Å². The third kappa shape index (κ3) is 3.08. The van der Waals surface area contributed by atoms with Gasteiger partial charge in [-0.1, -0.05) is 23.7 Å². The van der Waals surface area contributed by atoms with Gasteiger partial charge in [0.05, 0.1) is 16.6 Å². The maximum absolute atomic E-state index is 13.4. The van der Waals surface area contributed by atoms with E-state index < -0.39 is 11.9 Å². The molecule has 5 heteroatoms. The summed E-state index contributed by atoms with van der Waals surface area (Å²) in [6.45, 7) is 0. The molecule has 2 rings (SSSR count). The second kappa shape index (κ2) is 5.90. The number of hydrogen-bond acceptors (Lipinski definition) is 2. The smallest absolute Gasteiger partial charge is 0.137 e. The van der Waals surface area contributed by atoms with Gasteiger partial charge in [0.2, 0.25) is 0 Å². The zero-order valence-corrected chi connectivity index (χ0v) is 12.4. The maximum atomic E-state index is 13.4. The van der Waals surface area contributed by atoms with E-state index in [1.54, 1.807) is 30.3 Å². The highest BCUT2D eigenvalue weighted by molar-refractivity contribution is 9.10. The van der Waals surface area contributed by atoms with Crippen LogP contribution in [-0.4, -0.2) is 12.2 Å². The topological polar surface area (TPSA) is 29.5 Å². The van der Waals surface area contributed by atoms with E-state index in [1.807, 2.05) is 0 Å². The fourth-order valence-electron chi connectivity index (χ4n) is 1.73. The Morgan fingerprint density at radius 3 is 2.42 bits per heavy atom. The molecule has 19 heavy (non-hydrogen) atoms. The number of methoxy groups -OCH3 is 1. The largest absolute Gasteiger partial charge is 0.495 e. The van der Waals surface area contributed by atoms with Crippen molar-refractivity contribution < 1.29 is 14.2 Å². The standard InChI is InChI=1S/C14H11BrClFO2/c1-19-13-5-3-8(6-11(13)16)14(18)9-2-4-10(15)12(17)7-9/h2-7,14,18H,1H3. The molecule has 0 heterocycles. The van der Waals surface area contributed by atoms with Gasteiger partial charge in [-0.3, -0.25) is 0 Å². The molecule has 0 aliphatic carbocycles. The van der Waals surface area contributed by atoms with Crippen molar-refractivity contribution in [3.05, 3.63) is 62.8 Å². The lowest BCUT2D eigenvalue weighted by molar-refractivity contribution is 0.219. The minimum atomic E-state index is -0.939. The summed E-state index contributed by atoms with van der Waals surface area (Å²) in [5.74, 6) is 0.107. The zero-order chi connectivity index (χ0) is 14.0. The van der Waals surface area contributed by atoms with Crippen molar-refractivity contribution in [2.75, 3.05) is 7.11 Å². The third-order valence-electron chi connectivity index (χ3n) is 2.75. The van der Waals surface area contributed by atoms with E-state index in [9.17, 15) is 9.50 Å². The summed E-state index contributed by atoms with van der Waals surface area (Å²) in [6, 6.07) is 9.44. The van der Waals surface area contributed by atoms with Crippen molar-refractivity contribution >= 4 is 27.5 Å². The molecule has 0 aromatic heterocycles. The van der Waals surface area contributed by atoms with Crippen molar-refractivity contribution in [1.29, 1.82) is 0 Å². The van der Waals surface area contributed by atoms with Gasteiger partial charge in [0, 0.05) is 0 Å². The second-order valence-electron chi connectivity index (χ2n) is 3.97. The number of hydrogen-bond donors (Lipinski definition) is 1. The van der Waals surface area contributed by atoms with E-state index >= 15 is 0 Å². The van der Waals surface area contributed by atoms with E-state index in [1.165, 1.54) is 13.2 Å². The van der Waals surface area contributed by atoms with Crippen molar-refractivity contribution in [1.82, 2.24) is 0 Å². The van der Waals surface area contributed by atoms with E-state index in [4.69, 9.17) is 16.3 Å². The molecular formula is C14H11BrClFO2. The molecule has 0 aliphatic rings. The van der Waals surface area contributed by atoms with Gasteiger partial charge in [0.1, 0.15) is 17.7 Å². The summed E-state index contributed by atoms with van der Waals surface area (Å²) in [6.07, 6.45) is -0.939. The molecule has 0 bridgehead atoms. The predicted molar refractivity (Wildman–Crippen MR) is 76.2 cm³/mol. The SMILES string of the molecule is COc1ccc(C(O)c2ccc(Br)c(F)c2)cc1Cl. The van der Waals surface area contributed by atoms with Crippen LogP contribution in [0.2, 0.25) is 5.02 Å². The van der Waals surface area contributed by atoms with Gasteiger partial charge in [-0.15, -0.1) is 0 Å². The van der Waals surface area contributed by atoms with Crippen LogP contribution >= 0.6 is 27.5 Å². The molecule has 0 spiro atoms. The monoisotopic (exact) mass is 344 g/mol. The van der Waals surface area contributed by atoms with E-state index in [0.717, 1.165) is 0 Å². The molecular weight excluding hydrogens is 335 g/mol. The molecule has 2 aromatic rings. The van der Waals surface area contributed by atoms with Gasteiger partial charge >= 0.3 is 0 Å². The number of benzene rings is 2. The lowest BCUT2D eigenvalue weighted by Gasteiger charge is -2.13. The normalized spacial score (nSPS) is 12.3. The van der Waals surface area contributed by atoms with Gasteiger partial charge in [0.25, 0.3) is 0 Å². The average molecular weight is 346 g/mol. The van der Waals surface area contributed by atoms with Crippen molar-refractivity contribution in [2.24, 2.45) is 0 Å². The van der Waals surface area contributed by atoms with Crippen LogP contribution in [0.5, 0.6) is 5.75 Å². The van der Waals surface area contributed by atoms with Crippen LogP contribution < -0.4 is 4.74 Å². The molecule has 0 radical (unpaired) electrons. The maximum Gasteiger partial charge on any atom is 0.137 e. The highest BCUT2D eigenvalue weighted by Gasteiger charge is 2.14. The Morgan fingerprint density at radius 1 is 1.21 bits per heavy atom. The molecule has 1 unspecified atom stereocenters. The summed E-state index contributed by atoms with van der Waals surface area (Å²) in [5, 5.41) is 10.6. The van der Waals surface area contributed by atoms with Crippen molar-refractivity contribution in [3.8, 4) is 5.75 Å². The zero-order valence-electron chi connectivity index (χ0n) is 10.0. The Bertz CT molecular complexity index is 604. The Labute approximate surface area is 123 Å². The van der Waals surface area contributed by atoms with Crippen LogP contribution in [0, 0.1) is 5.82 Å². The molecule has 0 amide bonds. The fourth-order valence-corrected chi connectivity index (χ4v) is 2.24. The van der Waals surface area contributed by atoms with Crippen molar-refractivity contribution in [2.45, 2.75) is 6.10 Å². The summed E-state index contributed by atoms with van der Waals surface area (Å²) >= 11 is 9.07. The number of halogens is 3. The van der Waals surface area contributed by atoms with Crippen LogP contribution in [0.15, 0.2) is 40.9 Å². The summed E-state index contributed by atoms with van der Waals surface area (Å²) in [4.78, 5) is 0. The molecule has 1 atom stereocenters. The molecule has 2 nitrogen and oxygen atoms in total. The highest BCUT2D eigenvalue weighted by atomic mass is 79.9. The molecule has 1 N–H and O–H groups in total.